The fourth-order valence-electron chi connectivity index (χ4n) is 4.02. The van der Waals surface area contributed by atoms with Gasteiger partial charge in [-0.2, -0.15) is 5.26 Å². The number of hydrogen-bond donors (Lipinski definition) is 1. The minimum absolute atomic E-state index is 0.0295. The Morgan fingerprint density at radius 3 is 1.95 bits per heavy atom. The van der Waals surface area contributed by atoms with E-state index in [1.807, 2.05) is 0 Å². The zero-order valence-corrected chi connectivity index (χ0v) is 13.3. The summed E-state index contributed by atoms with van der Waals surface area (Å²) in [4.78, 5) is 0. The molecule has 0 spiro atoms. The van der Waals surface area contributed by atoms with E-state index in [1.165, 1.54) is 0 Å². The van der Waals surface area contributed by atoms with Crippen LogP contribution in [-0.4, -0.2) is 18.0 Å². The van der Waals surface area contributed by atoms with Crippen molar-refractivity contribution in [3.8, 4) is 6.07 Å². The van der Waals surface area contributed by atoms with Gasteiger partial charge in [0.2, 0.25) is 5.92 Å². The molecular formula is C17H28F2N2. The van der Waals surface area contributed by atoms with Crippen LogP contribution in [0.2, 0.25) is 0 Å². The first-order chi connectivity index (χ1) is 9.87. The molecule has 0 heterocycles. The molecule has 2 fully saturated rings. The minimum Gasteiger partial charge on any atom is -0.311 e. The number of alkyl halides is 2. The Morgan fingerprint density at radius 1 is 1.05 bits per heavy atom. The van der Waals surface area contributed by atoms with Crippen LogP contribution in [0.3, 0.4) is 0 Å². The Balaban J connectivity index is 1.80. The van der Waals surface area contributed by atoms with E-state index >= 15 is 0 Å². The third-order valence-corrected chi connectivity index (χ3v) is 5.83. The van der Waals surface area contributed by atoms with Crippen molar-refractivity contribution in [2.75, 3.05) is 0 Å². The van der Waals surface area contributed by atoms with Crippen molar-refractivity contribution in [1.82, 2.24) is 5.32 Å². The Labute approximate surface area is 127 Å². The van der Waals surface area contributed by atoms with Crippen LogP contribution in [0.1, 0.15) is 71.6 Å². The van der Waals surface area contributed by atoms with E-state index in [0.29, 0.717) is 31.2 Å². The second kappa shape index (κ2) is 6.60. The third-order valence-electron chi connectivity index (χ3n) is 5.83. The lowest BCUT2D eigenvalue weighted by molar-refractivity contribution is -0.0421. The van der Waals surface area contributed by atoms with Crippen LogP contribution in [0.4, 0.5) is 8.78 Å². The van der Waals surface area contributed by atoms with E-state index in [0.717, 1.165) is 25.7 Å². The largest absolute Gasteiger partial charge is 0.311 e. The number of hydrogen-bond acceptors (Lipinski definition) is 2. The van der Waals surface area contributed by atoms with E-state index in [-0.39, 0.29) is 24.3 Å². The molecule has 21 heavy (non-hydrogen) atoms. The smallest absolute Gasteiger partial charge is 0.248 e. The average Bonchev–Trinajstić information content (AvgIpc) is 2.43. The second-order valence-electron chi connectivity index (χ2n) is 7.42. The molecule has 2 saturated carbocycles. The number of rotatable bonds is 4. The molecule has 4 heteroatoms. The summed E-state index contributed by atoms with van der Waals surface area (Å²) >= 11 is 0. The predicted octanol–water partition coefficient (Wildman–Crippen LogP) is 4.65. The first-order valence-corrected chi connectivity index (χ1v) is 8.38. The summed E-state index contributed by atoms with van der Waals surface area (Å²) < 4.78 is 26.3. The van der Waals surface area contributed by atoms with Crippen molar-refractivity contribution in [1.29, 1.82) is 5.26 Å². The molecule has 2 aliphatic rings. The lowest BCUT2D eigenvalue weighted by atomic mass is 9.64. The van der Waals surface area contributed by atoms with Gasteiger partial charge in [0.1, 0.15) is 0 Å². The molecule has 0 radical (unpaired) electrons. The molecule has 0 aromatic heterocycles. The lowest BCUT2D eigenvalue weighted by Gasteiger charge is -2.43. The number of halogens is 2. The van der Waals surface area contributed by atoms with Crippen LogP contribution in [-0.2, 0) is 0 Å². The Hall–Kier alpha value is -0.690. The highest BCUT2D eigenvalue weighted by Gasteiger charge is 2.39. The maximum atomic E-state index is 13.2. The fourth-order valence-corrected chi connectivity index (χ4v) is 4.02. The molecule has 0 amide bonds. The van der Waals surface area contributed by atoms with Gasteiger partial charge in [0, 0.05) is 31.3 Å². The summed E-state index contributed by atoms with van der Waals surface area (Å²) in [6.07, 6.45) is 6.21. The highest BCUT2D eigenvalue weighted by Crippen LogP contribution is 2.45. The topological polar surface area (TPSA) is 35.8 Å². The molecule has 2 aliphatic carbocycles. The van der Waals surface area contributed by atoms with Crippen molar-refractivity contribution in [3.05, 3.63) is 0 Å². The summed E-state index contributed by atoms with van der Waals surface area (Å²) in [5, 5.41) is 12.7. The van der Waals surface area contributed by atoms with Crippen LogP contribution in [0.25, 0.3) is 0 Å². The quantitative estimate of drug-likeness (QED) is 0.820. The van der Waals surface area contributed by atoms with E-state index in [2.05, 4.69) is 25.2 Å². The van der Waals surface area contributed by atoms with E-state index in [1.54, 1.807) is 0 Å². The molecule has 2 rings (SSSR count). The molecule has 0 atom stereocenters. The SMILES string of the molecule is CC(C)C1(CC#N)CCC(NC2CCC(F)(F)CC2)CC1. The maximum absolute atomic E-state index is 13.2. The molecule has 0 aromatic rings. The summed E-state index contributed by atoms with van der Waals surface area (Å²) in [6.45, 7) is 4.43. The highest BCUT2D eigenvalue weighted by molar-refractivity contribution is 4.96. The van der Waals surface area contributed by atoms with Gasteiger partial charge in [-0.3, -0.25) is 0 Å². The Morgan fingerprint density at radius 2 is 1.52 bits per heavy atom. The monoisotopic (exact) mass is 298 g/mol. The average molecular weight is 298 g/mol. The standard InChI is InChI=1S/C17H28F2N2/c1-13(2)16(11-12-20)7-3-14(4-8-16)21-15-5-9-17(18,19)10-6-15/h13-15,21H,3-11H2,1-2H3. The van der Waals surface area contributed by atoms with Crippen LogP contribution in [0.5, 0.6) is 0 Å². The van der Waals surface area contributed by atoms with E-state index in [9.17, 15) is 8.78 Å². The molecule has 0 unspecified atom stereocenters. The Kier molecular flexibility index (Phi) is 5.24. The molecule has 0 aromatic carbocycles. The lowest BCUT2D eigenvalue weighted by Crippen LogP contribution is -2.46. The summed E-state index contributed by atoms with van der Waals surface area (Å²) in [7, 11) is 0. The first kappa shape index (κ1) is 16.7. The van der Waals surface area contributed by atoms with Gasteiger partial charge in [0.05, 0.1) is 6.07 Å². The summed E-state index contributed by atoms with van der Waals surface area (Å²) in [5.41, 5.74) is 0.173. The predicted molar refractivity (Wildman–Crippen MR) is 80.1 cm³/mol. The van der Waals surface area contributed by atoms with Crippen molar-refractivity contribution < 1.29 is 8.78 Å². The second-order valence-corrected chi connectivity index (χ2v) is 7.42. The van der Waals surface area contributed by atoms with E-state index < -0.39 is 5.92 Å². The Bertz CT molecular complexity index is 369. The summed E-state index contributed by atoms with van der Waals surface area (Å²) in [5.74, 6) is -1.91. The van der Waals surface area contributed by atoms with Crippen molar-refractivity contribution in [2.45, 2.75) is 89.6 Å². The van der Waals surface area contributed by atoms with Gasteiger partial charge in [-0.05, 0) is 49.9 Å². The van der Waals surface area contributed by atoms with Gasteiger partial charge < -0.3 is 5.32 Å². The molecule has 0 saturated heterocycles. The normalized spacial score (nSPS) is 33.8. The molecule has 0 aliphatic heterocycles. The molecule has 0 bridgehead atoms. The summed E-state index contributed by atoms with van der Waals surface area (Å²) in [6, 6.07) is 3.07. The number of nitrogens with zero attached hydrogens (tertiary/aromatic N) is 1. The van der Waals surface area contributed by atoms with Crippen LogP contribution in [0, 0.1) is 22.7 Å². The number of nitrogens with one attached hydrogen (secondary N) is 1. The first-order valence-electron chi connectivity index (χ1n) is 8.38. The van der Waals surface area contributed by atoms with Crippen molar-refractivity contribution in [2.24, 2.45) is 11.3 Å². The molecule has 120 valence electrons. The van der Waals surface area contributed by atoms with Crippen LogP contribution < -0.4 is 5.32 Å². The number of nitriles is 1. The fraction of sp³-hybridized carbons (Fsp3) is 0.941. The highest BCUT2D eigenvalue weighted by atomic mass is 19.3. The van der Waals surface area contributed by atoms with Gasteiger partial charge >= 0.3 is 0 Å². The molecular weight excluding hydrogens is 270 g/mol. The maximum Gasteiger partial charge on any atom is 0.248 e. The van der Waals surface area contributed by atoms with Gasteiger partial charge in [-0.25, -0.2) is 8.78 Å². The van der Waals surface area contributed by atoms with Gasteiger partial charge in [-0.15, -0.1) is 0 Å². The van der Waals surface area contributed by atoms with Crippen molar-refractivity contribution >= 4 is 0 Å². The van der Waals surface area contributed by atoms with Crippen LogP contribution in [0.15, 0.2) is 0 Å². The minimum atomic E-state index is -2.44. The zero-order valence-electron chi connectivity index (χ0n) is 13.3. The van der Waals surface area contributed by atoms with Gasteiger partial charge in [0.25, 0.3) is 0 Å². The third kappa shape index (κ3) is 4.16. The van der Waals surface area contributed by atoms with Gasteiger partial charge in [0.15, 0.2) is 0 Å². The zero-order chi connectivity index (χ0) is 15.5. The molecule has 2 nitrogen and oxygen atoms in total. The molecule has 1 N–H and O–H groups in total. The van der Waals surface area contributed by atoms with Crippen LogP contribution >= 0.6 is 0 Å². The van der Waals surface area contributed by atoms with Gasteiger partial charge in [-0.1, -0.05) is 13.8 Å². The van der Waals surface area contributed by atoms with Crippen molar-refractivity contribution in [3.63, 3.8) is 0 Å². The van der Waals surface area contributed by atoms with E-state index in [4.69, 9.17) is 5.26 Å².